The first-order valence-corrected chi connectivity index (χ1v) is 7.31. The minimum absolute atomic E-state index is 0.307. The molecule has 1 aromatic heterocycles. The van der Waals surface area contributed by atoms with Gasteiger partial charge in [-0.3, -0.25) is 0 Å². The Morgan fingerprint density at radius 1 is 1.15 bits per heavy atom. The lowest BCUT2D eigenvalue weighted by Gasteiger charge is -2.12. The number of hydrogen-bond acceptors (Lipinski definition) is 4. The minimum atomic E-state index is -0.923. The fraction of sp³-hybridized carbons (Fsp3) is 0.267. The monoisotopic (exact) mass is 292 g/mol. The van der Waals surface area contributed by atoms with Gasteiger partial charge in [0, 0.05) is 10.9 Å². The van der Waals surface area contributed by atoms with Crippen molar-refractivity contribution in [3.05, 3.63) is 34.5 Å². The van der Waals surface area contributed by atoms with Gasteiger partial charge in [-0.15, -0.1) is 0 Å². The van der Waals surface area contributed by atoms with Crippen LogP contribution in [0.2, 0.25) is 0 Å². The number of ether oxygens (including phenoxy) is 2. The van der Waals surface area contributed by atoms with E-state index in [1.807, 2.05) is 37.4 Å². The van der Waals surface area contributed by atoms with Crippen molar-refractivity contribution in [2.45, 2.75) is 13.8 Å². The summed E-state index contributed by atoms with van der Waals surface area (Å²) in [5.41, 5.74) is 1.82. The van der Waals surface area contributed by atoms with E-state index >= 15 is 0 Å². The van der Waals surface area contributed by atoms with Crippen molar-refractivity contribution >= 4 is 17.3 Å². The highest BCUT2D eigenvalue weighted by Crippen LogP contribution is 2.35. The predicted molar refractivity (Wildman–Crippen MR) is 79.1 cm³/mol. The van der Waals surface area contributed by atoms with Crippen LogP contribution in [0, 0.1) is 0 Å². The normalized spacial score (nSPS) is 10.3. The van der Waals surface area contributed by atoms with Gasteiger partial charge in [-0.05, 0) is 36.9 Å². The van der Waals surface area contributed by atoms with Crippen molar-refractivity contribution in [1.82, 2.24) is 0 Å². The van der Waals surface area contributed by atoms with Crippen molar-refractivity contribution in [1.29, 1.82) is 0 Å². The van der Waals surface area contributed by atoms with E-state index < -0.39 is 5.97 Å². The fourth-order valence-electron chi connectivity index (χ4n) is 1.90. The van der Waals surface area contributed by atoms with Gasteiger partial charge in [0.25, 0.3) is 0 Å². The maximum atomic E-state index is 11.2. The van der Waals surface area contributed by atoms with E-state index in [0.29, 0.717) is 35.8 Å². The van der Waals surface area contributed by atoms with Crippen molar-refractivity contribution in [3.63, 3.8) is 0 Å². The van der Waals surface area contributed by atoms with Crippen LogP contribution in [-0.4, -0.2) is 24.3 Å². The van der Waals surface area contributed by atoms with Crippen LogP contribution in [0.1, 0.15) is 24.2 Å². The van der Waals surface area contributed by atoms with E-state index in [1.54, 1.807) is 5.38 Å². The smallest absolute Gasteiger partial charge is 0.337 e. The first-order valence-electron chi connectivity index (χ1n) is 6.36. The fourth-order valence-corrected chi connectivity index (χ4v) is 2.74. The summed E-state index contributed by atoms with van der Waals surface area (Å²) in [5.74, 6) is 0.382. The largest absolute Gasteiger partial charge is 0.490 e. The molecule has 0 aliphatic rings. The van der Waals surface area contributed by atoms with E-state index in [2.05, 4.69) is 0 Å². The van der Waals surface area contributed by atoms with Gasteiger partial charge in [-0.2, -0.15) is 11.3 Å². The first-order chi connectivity index (χ1) is 9.67. The van der Waals surface area contributed by atoms with E-state index in [9.17, 15) is 9.90 Å². The quantitative estimate of drug-likeness (QED) is 0.877. The second-order valence-electron chi connectivity index (χ2n) is 4.03. The second-order valence-corrected chi connectivity index (χ2v) is 4.78. The van der Waals surface area contributed by atoms with E-state index in [-0.39, 0.29) is 0 Å². The van der Waals surface area contributed by atoms with Gasteiger partial charge >= 0.3 is 5.97 Å². The van der Waals surface area contributed by atoms with Gasteiger partial charge in [-0.1, -0.05) is 6.07 Å². The molecule has 4 nitrogen and oxygen atoms in total. The Hall–Kier alpha value is -2.01. The molecule has 0 saturated heterocycles. The zero-order valence-electron chi connectivity index (χ0n) is 11.4. The standard InChI is InChI=1S/C15H16O4S/c1-3-18-13-6-5-10(7-14(13)19-4-2)11-8-20-9-12(11)15(16)17/h5-9H,3-4H2,1-2H3,(H,16,17). The molecule has 5 heteroatoms. The summed E-state index contributed by atoms with van der Waals surface area (Å²) in [5, 5.41) is 12.6. The van der Waals surface area contributed by atoms with Crippen LogP contribution < -0.4 is 9.47 Å². The molecule has 2 aromatic rings. The van der Waals surface area contributed by atoms with Gasteiger partial charge in [0.1, 0.15) is 0 Å². The number of carbonyl (C=O) groups is 1. The lowest BCUT2D eigenvalue weighted by Crippen LogP contribution is -1.99. The molecule has 1 heterocycles. The van der Waals surface area contributed by atoms with Crippen LogP contribution in [0.4, 0.5) is 0 Å². The second kappa shape index (κ2) is 6.43. The summed E-state index contributed by atoms with van der Waals surface area (Å²) in [7, 11) is 0. The molecule has 0 aliphatic heterocycles. The maximum Gasteiger partial charge on any atom is 0.337 e. The van der Waals surface area contributed by atoms with Gasteiger partial charge in [-0.25, -0.2) is 4.79 Å². The first kappa shape index (κ1) is 14.4. The summed E-state index contributed by atoms with van der Waals surface area (Å²) in [6.45, 7) is 4.89. The third-order valence-electron chi connectivity index (χ3n) is 2.75. The Balaban J connectivity index is 2.44. The third kappa shape index (κ3) is 2.93. The molecule has 0 aliphatic carbocycles. The molecule has 20 heavy (non-hydrogen) atoms. The highest BCUT2D eigenvalue weighted by molar-refractivity contribution is 7.08. The predicted octanol–water partition coefficient (Wildman–Crippen LogP) is 3.91. The molecule has 0 unspecified atom stereocenters. The molecule has 106 valence electrons. The van der Waals surface area contributed by atoms with Crippen molar-refractivity contribution in [2.75, 3.05) is 13.2 Å². The highest BCUT2D eigenvalue weighted by Gasteiger charge is 2.15. The number of carboxylic acids is 1. The average Bonchev–Trinajstić information content (AvgIpc) is 2.91. The molecular weight excluding hydrogens is 276 g/mol. The summed E-state index contributed by atoms with van der Waals surface area (Å²) < 4.78 is 11.1. The molecule has 0 spiro atoms. The highest BCUT2D eigenvalue weighted by atomic mass is 32.1. The molecule has 1 N–H and O–H groups in total. The van der Waals surface area contributed by atoms with E-state index in [0.717, 1.165) is 5.56 Å². The zero-order chi connectivity index (χ0) is 14.5. The van der Waals surface area contributed by atoms with Gasteiger partial charge in [0.15, 0.2) is 11.5 Å². The molecule has 2 rings (SSSR count). The van der Waals surface area contributed by atoms with E-state index in [4.69, 9.17) is 9.47 Å². The minimum Gasteiger partial charge on any atom is -0.490 e. The van der Waals surface area contributed by atoms with Gasteiger partial charge < -0.3 is 14.6 Å². The van der Waals surface area contributed by atoms with Crippen molar-refractivity contribution in [2.24, 2.45) is 0 Å². The lowest BCUT2D eigenvalue weighted by atomic mass is 10.0. The van der Waals surface area contributed by atoms with E-state index in [1.165, 1.54) is 11.3 Å². The summed E-state index contributed by atoms with van der Waals surface area (Å²) in [6.07, 6.45) is 0. The van der Waals surface area contributed by atoms with Gasteiger partial charge in [0.2, 0.25) is 0 Å². The van der Waals surface area contributed by atoms with Crippen molar-refractivity contribution < 1.29 is 19.4 Å². The summed E-state index contributed by atoms with van der Waals surface area (Å²) >= 11 is 1.37. The van der Waals surface area contributed by atoms with Gasteiger partial charge in [0.05, 0.1) is 18.8 Å². The number of benzene rings is 1. The number of hydrogen-bond donors (Lipinski definition) is 1. The van der Waals surface area contributed by atoms with Crippen LogP contribution >= 0.6 is 11.3 Å². The molecule has 0 saturated carbocycles. The molecule has 1 aromatic carbocycles. The van der Waals surface area contributed by atoms with Crippen LogP contribution in [0.5, 0.6) is 11.5 Å². The zero-order valence-corrected chi connectivity index (χ0v) is 12.2. The molecule has 0 bridgehead atoms. The van der Waals surface area contributed by atoms with Crippen LogP contribution in [0.15, 0.2) is 29.0 Å². The Labute approximate surface area is 121 Å². The number of rotatable bonds is 6. The van der Waals surface area contributed by atoms with Crippen molar-refractivity contribution in [3.8, 4) is 22.6 Å². The number of thiophene rings is 1. The number of carboxylic acid groups (broad SMARTS) is 1. The average molecular weight is 292 g/mol. The molecule has 0 amide bonds. The Morgan fingerprint density at radius 3 is 2.50 bits per heavy atom. The molecular formula is C15H16O4S. The Bertz CT molecular complexity index is 604. The number of aromatic carboxylic acids is 1. The van der Waals surface area contributed by atoms with Crippen LogP contribution in [-0.2, 0) is 0 Å². The third-order valence-corrected chi connectivity index (χ3v) is 3.49. The topological polar surface area (TPSA) is 55.8 Å². The Kier molecular flexibility index (Phi) is 4.63. The van der Waals surface area contributed by atoms with Crippen LogP contribution in [0.25, 0.3) is 11.1 Å². The summed E-state index contributed by atoms with van der Waals surface area (Å²) in [6, 6.07) is 5.48. The SMILES string of the molecule is CCOc1ccc(-c2cscc2C(=O)O)cc1OCC. The lowest BCUT2D eigenvalue weighted by molar-refractivity contribution is 0.0698. The Morgan fingerprint density at radius 2 is 1.85 bits per heavy atom. The molecule has 0 radical (unpaired) electrons. The maximum absolute atomic E-state index is 11.2. The summed E-state index contributed by atoms with van der Waals surface area (Å²) in [4.78, 5) is 11.2. The molecule has 0 fully saturated rings. The molecule has 0 atom stereocenters. The van der Waals surface area contributed by atoms with Crippen LogP contribution in [0.3, 0.4) is 0 Å².